The lowest BCUT2D eigenvalue weighted by molar-refractivity contribution is -0.384. The normalized spacial score (nSPS) is 11.3. The van der Waals surface area contributed by atoms with Gasteiger partial charge in [0.1, 0.15) is 11.5 Å². The lowest BCUT2D eigenvalue weighted by atomic mass is 10.1. The minimum Gasteiger partial charge on any atom is -0.475 e. The minimum absolute atomic E-state index is 0.0789. The highest BCUT2D eigenvalue weighted by Gasteiger charge is 2.38. The second-order valence-corrected chi connectivity index (χ2v) is 11.7. The number of thioether (sulfide) groups is 1. The predicted molar refractivity (Wildman–Crippen MR) is 160 cm³/mol. The summed E-state index contributed by atoms with van der Waals surface area (Å²) in [4.78, 5) is 24.2. The summed E-state index contributed by atoms with van der Waals surface area (Å²) in [6.07, 6.45) is -2.03. The second-order valence-electron chi connectivity index (χ2n) is 8.86. The number of sulfonamides is 1. The van der Waals surface area contributed by atoms with Crippen LogP contribution in [0.25, 0.3) is 0 Å². The molecular formula is C27H32F3N5O6S2. The Bertz CT molecular complexity index is 1430. The fraction of sp³-hybridized carbons (Fsp3) is 0.333. The van der Waals surface area contributed by atoms with Crippen LogP contribution in [-0.4, -0.2) is 61.0 Å². The SMILES string of the molecule is Cc1c(S(=O)(=O)NCCCCNc2ccccn2)ccc(NCCSCc2ccccc2)c1[N+](=O)[O-].O=C(O)C(F)(F)F. The molecule has 43 heavy (non-hydrogen) atoms. The van der Waals surface area contributed by atoms with Crippen LogP contribution in [0.2, 0.25) is 0 Å². The lowest BCUT2D eigenvalue weighted by Crippen LogP contribution is -2.26. The smallest absolute Gasteiger partial charge is 0.475 e. The van der Waals surface area contributed by atoms with Gasteiger partial charge in [-0.15, -0.1) is 0 Å². The van der Waals surface area contributed by atoms with E-state index in [4.69, 9.17) is 9.90 Å². The van der Waals surface area contributed by atoms with Crippen molar-refractivity contribution >= 4 is 44.9 Å². The minimum atomic E-state index is -5.08. The van der Waals surface area contributed by atoms with Crippen molar-refractivity contribution in [3.8, 4) is 0 Å². The van der Waals surface area contributed by atoms with E-state index in [1.807, 2.05) is 36.4 Å². The molecule has 0 aliphatic rings. The Morgan fingerprint density at radius 2 is 1.65 bits per heavy atom. The fourth-order valence-corrected chi connectivity index (χ4v) is 5.73. The first kappa shape index (κ1) is 35.3. The Labute approximate surface area is 251 Å². The number of carboxylic acid groups (broad SMARTS) is 1. The van der Waals surface area contributed by atoms with Crippen LogP contribution >= 0.6 is 11.8 Å². The summed E-state index contributed by atoms with van der Waals surface area (Å²) in [6, 6.07) is 18.5. The van der Waals surface area contributed by atoms with Crippen molar-refractivity contribution < 1.29 is 36.4 Å². The molecule has 3 aromatic rings. The Morgan fingerprint density at radius 3 is 2.26 bits per heavy atom. The number of rotatable bonds is 15. The first-order valence-corrected chi connectivity index (χ1v) is 15.5. The molecule has 0 spiro atoms. The number of carboxylic acids is 1. The van der Waals surface area contributed by atoms with Crippen molar-refractivity contribution in [2.45, 2.75) is 36.6 Å². The van der Waals surface area contributed by atoms with Gasteiger partial charge in [-0.25, -0.2) is 22.9 Å². The molecule has 1 heterocycles. The van der Waals surface area contributed by atoms with Crippen LogP contribution in [0.15, 0.2) is 71.8 Å². The summed E-state index contributed by atoms with van der Waals surface area (Å²) in [5.41, 5.74) is 1.44. The van der Waals surface area contributed by atoms with Crippen LogP contribution in [-0.2, 0) is 20.6 Å². The number of alkyl halides is 3. The summed E-state index contributed by atoms with van der Waals surface area (Å²) in [6.45, 7) is 2.89. The van der Waals surface area contributed by atoms with E-state index in [-0.39, 0.29) is 22.7 Å². The predicted octanol–water partition coefficient (Wildman–Crippen LogP) is 5.45. The number of hydrogen-bond donors (Lipinski definition) is 4. The van der Waals surface area contributed by atoms with Gasteiger partial charge < -0.3 is 15.7 Å². The van der Waals surface area contributed by atoms with Gasteiger partial charge in [0, 0.05) is 42.9 Å². The van der Waals surface area contributed by atoms with Crippen molar-refractivity contribution in [1.29, 1.82) is 0 Å². The number of nitro benzene ring substituents is 1. The molecule has 4 N–H and O–H groups in total. The first-order valence-electron chi connectivity index (χ1n) is 12.9. The molecule has 0 aliphatic carbocycles. The third-order valence-electron chi connectivity index (χ3n) is 5.64. The molecule has 0 amide bonds. The maximum absolute atomic E-state index is 12.8. The van der Waals surface area contributed by atoms with Gasteiger partial charge in [0.2, 0.25) is 10.0 Å². The molecule has 0 fully saturated rings. The largest absolute Gasteiger partial charge is 0.490 e. The van der Waals surface area contributed by atoms with E-state index in [9.17, 15) is 31.7 Å². The van der Waals surface area contributed by atoms with E-state index < -0.39 is 27.1 Å². The number of nitrogens with zero attached hydrogens (tertiary/aromatic N) is 2. The van der Waals surface area contributed by atoms with Gasteiger partial charge >= 0.3 is 12.1 Å². The van der Waals surface area contributed by atoms with Gasteiger partial charge in [-0.2, -0.15) is 24.9 Å². The van der Waals surface area contributed by atoms with Crippen molar-refractivity contribution in [2.75, 3.05) is 36.0 Å². The Morgan fingerprint density at radius 1 is 1.00 bits per heavy atom. The highest BCUT2D eigenvalue weighted by molar-refractivity contribution is 7.98. The molecule has 0 atom stereocenters. The Balaban J connectivity index is 0.000000821. The molecular weight excluding hydrogens is 611 g/mol. The van der Waals surface area contributed by atoms with E-state index in [1.165, 1.54) is 24.6 Å². The Hall–Kier alpha value is -3.89. The summed E-state index contributed by atoms with van der Waals surface area (Å²) >= 11 is 1.72. The number of unbranched alkanes of at least 4 members (excludes halogenated alkanes) is 1. The van der Waals surface area contributed by atoms with Gasteiger partial charge in [0.15, 0.2) is 0 Å². The van der Waals surface area contributed by atoms with Gasteiger partial charge in [0.05, 0.1) is 9.82 Å². The monoisotopic (exact) mass is 643 g/mol. The van der Waals surface area contributed by atoms with Crippen LogP contribution in [0.5, 0.6) is 0 Å². The number of aromatic nitrogens is 1. The number of aliphatic carboxylic acids is 1. The molecule has 11 nitrogen and oxygen atoms in total. The van der Waals surface area contributed by atoms with Crippen molar-refractivity contribution in [1.82, 2.24) is 9.71 Å². The average molecular weight is 644 g/mol. The summed E-state index contributed by atoms with van der Waals surface area (Å²) < 4.78 is 60.0. The molecule has 2 aromatic carbocycles. The lowest BCUT2D eigenvalue weighted by Gasteiger charge is -2.13. The summed E-state index contributed by atoms with van der Waals surface area (Å²) in [7, 11) is -3.88. The van der Waals surface area contributed by atoms with Gasteiger partial charge in [-0.1, -0.05) is 36.4 Å². The van der Waals surface area contributed by atoms with Crippen LogP contribution < -0.4 is 15.4 Å². The zero-order chi connectivity index (χ0) is 31.9. The topological polar surface area (TPSA) is 164 Å². The first-order chi connectivity index (χ1) is 20.3. The number of nitro groups is 1. The number of halogens is 3. The van der Waals surface area contributed by atoms with Crippen molar-refractivity contribution in [3.05, 3.63) is 88.1 Å². The van der Waals surface area contributed by atoms with Gasteiger partial charge in [0.25, 0.3) is 5.69 Å². The molecule has 0 saturated carbocycles. The summed E-state index contributed by atoms with van der Waals surface area (Å²) in [5.74, 6) is -0.384. The fourth-order valence-electron chi connectivity index (χ4n) is 3.59. The number of anilines is 2. The molecule has 0 aliphatic heterocycles. The number of pyridine rings is 1. The second kappa shape index (κ2) is 17.3. The van der Waals surface area contributed by atoms with E-state index in [2.05, 4.69) is 32.5 Å². The Kier molecular flexibility index (Phi) is 14.2. The molecule has 234 valence electrons. The van der Waals surface area contributed by atoms with Crippen LogP contribution in [0.3, 0.4) is 0 Å². The maximum atomic E-state index is 12.8. The van der Waals surface area contributed by atoms with Gasteiger partial charge in [-0.05, 0) is 49.6 Å². The van der Waals surface area contributed by atoms with E-state index in [0.29, 0.717) is 25.2 Å². The van der Waals surface area contributed by atoms with E-state index in [1.54, 1.807) is 18.0 Å². The number of hydrogen-bond acceptors (Lipinski definition) is 9. The van der Waals surface area contributed by atoms with Crippen LogP contribution in [0.4, 0.5) is 30.4 Å². The van der Waals surface area contributed by atoms with Crippen LogP contribution in [0, 0.1) is 17.0 Å². The van der Waals surface area contributed by atoms with Crippen molar-refractivity contribution in [3.63, 3.8) is 0 Å². The molecule has 0 saturated heterocycles. The van der Waals surface area contributed by atoms with Crippen LogP contribution in [0.1, 0.15) is 24.0 Å². The molecule has 0 bridgehead atoms. The third-order valence-corrected chi connectivity index (χ3v) is 8.27. The molecule has 0 unspecified atom stereocenters. The maximum Gasteiger partial charge on any atom is 0.490 e. The van der Waals surface area contributed by atoms with Gasteiger partial charge in [-0.3, -0.25) is 10.1 Å². The third kappa shape index (κ3) is 12.5. The van der Waals surface area contributed by atoms with E-state index >= 15 is 0 Å². The number of benzene rings is 2. The quantitative estimate of drug-likeness (QED) is 0.0952. The number of nitrogens with one attached hydrogen (secondary N) is 3. The molecule has 16 heteroatoms. The zero-order valence-electron chi connectivity index (χ0n) is 23.1. The van der Waals surface area contributed by atoms with E-state index in [0.717, 1.165) is 23.7 Å². The highest BCUT2D eigenvalue weighted by atomic mass is 32.2. The van der Waals surface area contributed by atoms with Crippen molar-refractivity contribution in [2.24, 2.45) is 0 Å². The highest BCUT2D eigenvalue weighted by Crippen LogP contribution is 2.33. The molecule has 1 aromatic heterocycles. The summed E-state index contributed by atoms with van der Waals surface area (Å²) in [5, 5.41) is 25.2. The standard InChI is InChI=1S/C25H31N5O4S2.C2HF3O2/c1-20-23(36(33,34)29-16-8-7-15-28-24-11-5-6-14-27-24)13-12-22(25(20)30(31)32)26-17-18-35-19-21-9-3-2-4-10-21;3-2(4,5)1(6)7/h2-6,9-14,26,29H,7-8,15-19H2,1H3,(H,27,28);(H,6,7). The average Bonchev–Trinajstić information content (AvgIpc) is 2.95. The molecule has 3 rings (SSSR count). The zero-order valence-corrected chi connectivity index (χ0v) is 24.8. The number of carbonyl (C=O) groups is 1. The molecule has 0 radical (unpaired) electrons.